The van der Waals surface area contributed by atoms with Crippen molar-refractivity contribution in [2.24, 2.45) is 0 Å². The van der Waals surface area contributed by atoms with Crippen LogP contribution >= 0.6 is 0 Å². The Morgan fingerprint density at radius 3 is 1.20 bits per heavy atom. The molecule has 1 aliphatic carbocycles. The summed E-state index contributed by atoms with van der Waals surface area (Å²) >= 11 is 0. The summed E-state index contributed by atoms with van der Waals surface area (Å²) in [4.78, 5) is 37.3. The molecule has 0 aliphatic heterocycles. The molecule has 6 aromatic carbocycles. The number of carbonyl (C=O) groups is 3. The fraction of sp³-hybridized carbons (Fsp3) is 0.237. The van der Waals surface area contributed by atoms with Gasteiger partial charge in [0.15, 0.2) is 69.5 Å². The highest BCUT2D eigenvalue weighted by molar-refractivity contribution is 7.92. The third kappa shape index (κ3) is 16.7. The lowest BCUT2D eigenvalue weighted by Gasteiger charge is -2.16. The van der Waals surface area contributed by atoms with Crippen LogP contribution in [-0.4, -0.2) is 128 Å². The summed E-state index contributed by atoms with van der Waals surface area (Å²) in [5, 5.41) is 20.3. The molecule has 3 heterocycles. The first-order chi connectivity index (χ1) is 45.9. The van der Waals surface area contributed by atoms with E-state index in [0.29, 0.717) is 0 Å². The van der Waals surface area contributed by atoms with Crippen molar-refractivity contribution in [3.05, 3.63) is 196 Å². The molecule has 9 aromatic rings. The monoisotopic (exact) mass is 1460 g/mol. The molecule has 1 saturated carbocycles. The summed E-state index contributed by atoms with van der Waals surface area (Å²) < 4.78 is 278. The first-order valence-corrected chi connectivity index (χ1v) is 34.2. The van der Waals surface area contributed by atoms with Crippen molar-refractivity contribution in [2.75, 3.05) is 31.8 Å². The molecule has 23 nitrogen and oxygen atoms in total. The predicted octanol–water partition coefficient (Wildman–Crippen LogP) is 8.34. The molecule has 1 aliphatic rings. The van der Waals surface area contributed by atoms with E-state index in [1.165, 1.54) is 36.4 Å². The number of Topliss-reactive ketones (excluding diaryl/α,β-unsaturated/α-hetero) is 3. The number of nitrogens with zero attached hydrogens (tertiary/aromatic N) is 9. The number of aryl methyl sites for hydroxylation is 3. The summed E-state index contributed by atoms with van der Waals surface area (Å²) in [6.07, 6.45) is 3.91. The van der Waals surface area contributed by atoms with Gasteiger partial charge in [-0.3, -0.25) is 14.4 Å². The number of halogens is 12. The second-order valence-electron chi connectivity index (χ2n) is 21.4. The predicted molar refractivity (Wildman–Crippen MR) is 311 cm³/mol. The maximum atomic E-state index is 13.9. The highest BCUT2D eigenvalue weighted by Gasteiger charge is 2.53. The van der Waals surface area contributed by atoms with Crippen molar-refractivity contribution in [1.29, 1.82) is 0 Å². The van der Waals surface area contributed by atoms with Gasteiger partial charge in [-0.2, -0.15) is 26.3 Å². The molecule has 520 valence electrons. The van der Waals surface area contributed by atoms with Crippen molar-refractivity contribution < 1.29 is 115 Å². The second-order valence-corrected chi connectivity index (χ2v) is 29.3. The normalized spacial score (nSPS) is 13.1. The molecule has 3 aromatic heterocycles. The highest BCUT2D eigenvalue weighted by Crippen LogP contribution is 2.44. The van der Waals surface area contributed by atoms with Crippen LogP contribution < -0.4 is 14.2 Å². The Morgan fingerprint density at radius 1 is 0.469 bits per heavy atom. The highest BCUT2D eigenvalue weighted by atomic mass is 32.2. The zero-order valence-corrected chi connectivity index (χ0v) is 53.8. The van der Waals surface area contributed by atoms with Gasteiger partial charge in [-0.05, 0) is 76.4 Å². The van der Waals surface area contributed by atoms with Gasteiger partial charge in [0, 0.05) is 24.5 Å². The first kappa shape index (κ1) is 73.9. The van der Waals surface area contributed by atoms with Crippen LogP contribution in [0.2, 0.25) is 0 Å². The topological polar surface area (TPSA) is 308 Å². The lowest BCUT2D eigenvalue weighted by molar-refractivity contribution is -0.126. The van der Waals surface area contributed by atoms with Gasteiger partial charge in [-0.25, -0.2) is 74.1 Å². The Balaban J connectivity index is 0.000000188. The minimum absolute atomic E-state index is 0.00474. The summed E-state index contributed by atoms with van der Waals surface area (Å²) in [6.45, 7) is 1.77. The maximum Gasteiger partial charge on any atom is 0.227 e. The standard InChI is InChI=1S/C21H19F4N3O6S2.C20H15F4N3O4S.C18H13F4N3O4S/c1-12-3-5-13(6-4-12)36(32,33)18-10-28(27-26-18)16(7-8-35(2,30)31)17(29)11-34-21-19(24)14(22)9-15(23)20(21)25;1-11-2-4-12(5-3-11)32(29,30)16-9-27(26-25-16)20(6-7-20)15(28)10-31-19-17(23)13(21)8-14(22)18(19)24;1-10-2-4-12(5-3-10)30(27,28)15-8-25(24-23-15)7-11(26)9-29-18-16(21)13(19)6-14(20)17(18)22/h3-6,9-10,16H,7-8,11H2,1-2H3;2-5,8-9H,6-7,10H2,1H3;2-6,8H,7,9H2,1H3. The van der Waals surface area contributed by atoms with E-state index in [1.807, 2.05) is 0 Å². The molecule has 1 atom stereocenters. The minimum Gasteiger partial charge on any atom is -0.479 e. The molecule has 0 N–H and O–H groups in total. The fourth-order valence-corrected chi connectivity index (χ4v) is 12.6. The van der Waals surface area contributed by atoms with Crippen molar-refractivity contribution >= 4 is 56.7 Å². The van der Waals surface area contributed by atoms with Crippen LogP contribution in [0.4, 0.5) is 52.7 Å². The van der Waals surface area contributed by atoms with E-state index in [0.717, 1.165) is 55.6 Å². The number of hydrogen-bond donors (Lipinski definition) is 0. The Morgan fingerprint density at radius 2 is 0.816 bits per heavy atom. The number of aromatic nitrogens is 9. The van der Waals surface area contributed by atoms with Gasteiger partial charge in [0.05, 0.1) is 39.0 Å². The third-order valence-corrected chi connectivity index (χ3v) is 19.9. The van der Waals surface area contributed by atoms with E-state index in [2.05, 4.69) is 40.4 Å². The van der Waals surface area contributed by atoms with Crippen LogP contribution in [-0.2, 0) is 65.8 Å². The lowest BCUT2D eigenvalue weighted by Crippen LogP contribution is -2.33. The summed E-state index contributed by atoms with van der Waals surface area (Å²) in [7, 11) is -15.7. The number of ether oxygens (including phenoxy) is 3. The van der Waals surface area contributed by atoms with Gasteiger partial charge < -0.3 is 14.2 Å². The zero-order chi connectivity index (χ0) is 72.1. The lowest BCUT2D eigenvalue weighted by atomic mass is 10.1. The Labute approximate surface area is 547 Å². The Bertz CT molecular complexity index is 4950. The number of sulfone groups is 4. The molecular weight excluding hydrogens is 1410 g/mol. The van der Waals surface area contributed by atoms with Crippen molar-refractivity contribution in [3.8, 4) is 17.2 Å². The SMILES string of the molecule is Cc1ccc(S(=O)(=O)c2cn(C(CCS(C)(=O)=O)C(=O)COc3c(F)c(F)cc(F)c3F)nn2)cc1.Cc1ccc(S(=O)(=O)c2cn(C3(C(=O)COc4c(F)c(F)cc(F)c4F)CC3)nn2)cc1.Cc1ccc(S(=O)(=O)c2cn(CC(=O)COc3c(F)c(F)cc(F)c3F)nn2)cc1. The van der Waals surface area contributed by atoms with E-state index in [-0.39, 0.29) is 50.8 Å². The molecule has 0 amide bonds. The van der Waals surface area contributed by atoms with Crippen LogP contribution in [0, 0.1) is 90.6 Å². The number of rotatable bonds is 24. The van der Waals surface area contributed by atoms with Gasteiger partial charge in [0.25, 0.3) is 0 Å². The van der Waals surface area contributed by atoms with E-state index >= 15 is 0 Å². The second kappa shape index (κ2) is 29.4. The van der Waals surface area contributed by atoms with E-state index < -0.39 is 204 Å². The van der Waals surface area contributed by atoms with Gasteiger partial charge in [-0.15, -0.1) is 15.3 Å². The van der Waals surface area contributed by atoms with Gasteiger partial charge in [-0.1, -0.05) is 68.7 Å². The molecule has 10 rings (SSSR count). The number of hydrogen-bond acceptors (Lipinski definition) is 20. The van der Waals surface area contributed by atoms with Crippen LogP contribution in [0.3, 0.4) is 0 Å². The van der Waals surface area contributed by atoms with Crippen LogP contribution in [0.1, 0.15) is 42.0 Å². The van der Waals surface area contributed by atoms with Gasteiger partial charge in [0.2, 0.25) is 79.5 Å². The zero-order valence-electron chi connectivity index (χ0n) is 50.5. The molecule has 0 bridgehead atoms. The van der Waals surface area contributed by atoms with E-state index in [4.69, 9.17) is 4.74 Å². The number of benzene rings is 6. The molecule has 0 radical (unpaired) electrons. The molecule has 98 heavy (non-hydrogen) atoms. The fourth-order valence-electron chi connectivity index (χ4n) is 8.56. The van der Waals surface area contributed by atoms with Crippen molar-refractivity contribution in [3.63, 3.8) is 0 Å². The van der Waals surface area contributed by atoms with Crippen LogP contribution in [0.15, 0.2) is 139 Å². The Hall–Kier alpha value is -9.89. The van der Waals surface area contributed by atoms with E-state index in [9.17, 15) is 101 Å². The maximum absolute atomic E-state index is 13.9. The van der Waals surface area contributed by atoms with Gasteiger partial charge in [0.1, 0.15) is 47.8 Å². The van der Waals surface area contributed by atoms with E-state index in [1.54, 1.807) is 57.2 Å². The molecule has 0 saturated heterocycles. The van der Waals surface area contributed by atoms with Crippen LogP contribution in [0.5, 0.6) is 17.2 Å². The van der Waals surface area contributed by atoms with Gasteiger partial charge >= 0.3 is 0 Å². The average Bonchev–Trinajstić information content (AvgIpc) is 1.59. The minimum atomic E-state index is -4.15. The molecule has 0 spiro atoms. The quantitative estimate of drug-likeness (QED) is 0.0405. The van der Waals surface area contributed by atoms with Crippen LogP contribution in [0.25, 0.3) is 0 Å². The summed E-state index contributed by atoms with van der Waals surface area (Å²) in [5.74, 6) is -28.4. The van der Waals surface area contributed by atoms with Crippen molar-refractivity contribution in [1.82, 2.24) is 45.0 Å². The molecular formula is C59H47F12N9O14S4. The number of ketones is 3. The smallest absolute Gasteiger partial charge is 0.227 e. The molecule has 1 unspecified atom stereocenters. The summed E-state index contributed by atoms with van der Waals surface area (Å²) in [6, 6.07) is 16.3. The first-order valence-electron chi connectivity index (χ1n) is 27.7. The molecule has 1 fully saturated rings. The Kier molecular flexibility index (Phi) is 22.2. The largest absolute Gasteiger partial charge is 0.479 e. The third-order valence-electron chi connectivity index (χ3n) is 14.1. The molecule has 39 heteroatoms. The number of carbonyl (C=O) groups excluding carboxylic acids is 3. The summed E-state index contributed by atoms with van der Waals surface area (Å²) in [5.41, 5.74) is 1.19. The average molecular weight is 1460 g/mol. The van der Waals surface area contributed by atoms with Crippen molar-refractivity contribution in [2.45, 2.75) is 87.9 Å².